The van der Waals surface area contributed by atoms with E-state index in [1.54, 1.807) is 18.2 Å². The van der Waals surface area contributed by atoms with Gasteiger partial charge in [0.1, 0.15) is 17.2 Å². The largest absolute Gasteiger partial charge is 0.468 e. The van der Waals surface area contributed by atoms with Crippen LogP contribution in [0.5, 0.6) is 0 Å². The normalized spacial score (nSPS) is 23.3. The van der Waals surface area contributed by atoms with Gasteiger partial charge in [-0.2, -0.15) is 0 Å². The molecule has 0 radical (unpaired) electrons. The Morgan fingerprint density at radius 1 is 1.42 bits per heavy atom. The summed E-state index contributed by atoms with van der Waals surface area (Å²) in [6.45, 7) is 0. The van der Waals surface area contributed by atoms with Gasteiger partial charge in [0.25, 0.3) is 5.91 Å². The Kier molecular flexibility index (Phi) is 4.41. The predicted molar refractivity (Wildman–Crippen MR) is 86.7 cm³/mol. The zero-order chi connectivity index (χ0) is 17.2. The van der Waals surface area contributed by atoms with Crippen LogP contribution in [0.2, 0.25) is 0 Å². The lowest BCUT2D eigenvalue weighted by Crippen LogP contribution is -2.33. The molecule has 1 fully saturated rings. The highest BCUT2D eigenvalue weighted by atomic mass is 19.1. The molecule has 4 nitrogen and oxygen atoms in total. The molecule has 1 heterocycles. The molecule has 1 amide bonds. The summed E-state index contributed by atoms with van der Waals surface area (Å²) in [5.74, 6) is 5.18. The van der Waals surface area contributed by atoms with E-state index in [1.807, 2.05) is 0 Å². The summed E-state index contributed by atoms with van der Waals surface area (Å²) in [5.41, 5.74) is 5.02. The molecule has 2 aromatic rings. The summed E-state index contributed by atoms with van der Waals surface area (Å²) in [7, 11) is 0. The molecule has 124 valence electrons. The number of halogens is 1. The maximum absolute atomic E-state index is 13.2. The van der Waals surface area contributed by atoms with Crippen molar-refractivity contribution in [3.63, 3.8) is 0 Å². The summed E-state index contributed by atoms with van der Waals surface area (Å²) in [4.78, 5) is 11.5. The van der Waals surface area contributed by atoms with Crippen LogP contribution in [0.1, 0.15) is 53.3 Å². The van der Waals surface area contributed by atoms with Gasteiger partial charge in [-0.3, -0.25) is 4.79 Å². The summed E-state index contributed by atoms with van der Waals surface area (Å²) >= 11 is 0. The third kappa shape index (κ3) is 3.50. The monoisotopic (exact) mass is 327 g/mol. The van der Waals surface area contributed by atoms with Crippen molar-refractivity contribution in [1.29, 1.82) is 0 Å². The van der Waals surface area contributed by atoms with Crippen LogP contribution < -0.4 is 5.73 Å². The number of rotatable bonds is 2. The van der Waals surface area contributed by atoms with Crippen LogP contribution in [0.25, 0.3) is 0 Å². The Morgan fingerprint density at radius 3 is 3.00 bits per heavy atom. The van der Waals surface area contributed by atoms with Gasteiger partial charge < -0.3 is 15.3 Å². The Hall–Kier alpha value is -2.58. The molecule has 3 rings (SSSR count). The van der Waals surface area contributed by atoms with Crippen molar-refractivity contribution in [2.45, 2.75) is 37.2 Å². The average molecular weight is 327 g/mol. The fourth-order valence-electron chi connectivity index (χ4n) is 3.19. The molecule has 0 aliphatic heterocycles. The molecule has 0 saturated heterocycles. The van der Waals surface area contributed by atoms with E-state index in [1.165, 1.54) is 18.4 Å². The van der Waals surface area contributed by atoms with E-state index in [-0.39, 0.29) is 11.7 Å². The molecule has 0 unspecified atom stereocenters. The molecule has 0 spiro atoms. The lowest BCUT2D eigenvalue weighted by molar-refractivity contribution is 0.0483. The maximum atomic E-state index is 13.2. The molecule has 5 heteroatoms. The number of nitrogens with two attached hydrogens (primary N) is 1. The average Bonchev–Trinajstić information content (AvgIpc) is 3.03. The first kappa shape index (κ1) is 16.3. The number of hydrogen-bond acceptors (Lipinski definition) is 3. The highest BCUT2D eigenvalue weighted by Crippen LogP contribution is 2.39. The van der Waals surface area contributed by atoms with Gasteiger partial charge in [-0.1, -0.05) is 17.9 Å². The first-order valence-corrected chi connectivity index (χ1v) is 7.85. The van der Waals surface area contributed by atoms with E-state index in [4.69, 9.17) is 10.2 Å². The summed E-state index contributed by atoms with van der Waals surface area (Å²) < 4.78 is 18.6. The molecule has 1 aliphatic carbocycles. The smallest absolute Gasteiger partial charge is 0.252 e. The number of carbonyl (C=O) groups excluding carboxylic acids is 1. The lowest BCUT2D eigenvalue weighted by Gasteiger charge is -2.32. The number of benzene rings is 1. The number of primary amides is 1. The van der Waals surface area contributed by atoms with Crippen molar-refractivity contribution in [2.75, 3.05) is 0 Å². The molecular formula is C19H18FNO3. The van der Waals surface area contributed by atoms with Crippen molar-refractivity contribution in [1.82, 2.24) is 0 Å². The van der Waals surface area contributed by atoms with Crippen LogP contribution in [-0.2, 0) is 0 Å². The van der Waals surface area contributed by atoms with Gasteiger partial charge in [0, 0.05) is 11.5 Å². The van der Waals surface area contributed by atoms with Crippen molar-refractivity contribution in [3.05, 3.63) is 59.3 Å². The third-order valence-electron chi connectivity index (χ3n) is 4.32. The third-order valence-corrected chi connectivity index (χ3v) is 4.32. The van der Waals surface area contributed by atoms with Gasteiger partial charge in [0.15, 0.2) is 0 Å². The quantitative estimate of drug-likeness (QED) is 0.833. The molecule has 1 aromatic carbocycles. The zero-order valence-corrected chi connectivity index (χ0v) is 13.1. The van der Waals surface area contributed by atoms with Crippen LogP contribution in [0.4, 0.5) is 4.39 Å². The van der Waals surface area contributed by atoms with Crippen LogP contribution in [0.15, 0.2) is 41.0 Å². The van der Waals surface area contributed by atoms with Gasteiger partial charge in [0.2, 0.25) is 0 Å². The van der Waals surface area contributed by atoms with Crippen LogP contribution >= 0.6 is 0 Å². The lowest BCUT2D eigenvalue weighted by atomic mass is 9.76. The summed E-state index contributed by atoms with van der Waals surface area (Å²) in [6.07, 6.45) is 3.85. The molecular weight excluding hydrogens is 309 g/mol. The van der Waals surface area contributed by atoms with Crippen LogP contribution in [-0.4, -0.2) is 16.6 Å². The molecule has 1 aromatic heterocycles. The van der Waals surface area contributed by atoms with Gasteiger partial charge in [-0.25, -0.2) is 4.39 Å². The van der Waals surface area contributed by atoms with E-state index < -0.39 is 11.5 Å². The number of amides is 1. The molecule has 3 N–H and O–H groups in total. The number of furan rings is 1. The van der Waals surface area contributed by atoms with Crippen molar-refractivity contribution in [2.24, 2.45) is 5.73 Å². The summed E-state index contributed by atoms with van der Waals surface area (Å²) in [5, 5.41) is 10.8. The van der Waals surface area contributed by atoms with E-state index in [2.05, 4.69) is 11.8 Å². The minimum atomic E-state index is -1.20. The van der Waals surface area contributed by atoms with E-state index >= 15 is 0 Å². The zero-order valence-electron chi connectivity index (χ0n) is 13.1. The second-order valence-corrected chi connectivity index (χ2v) is 6.15. The second kappa shape index (κ2) is 6.50. The van der Waals surface area contributed by atoms with E-state index in [0.29, 0.717) is 29.7 Å². The second-order valence-electron chi connectivity index (χ2n) is 6.15. The van der Waals surface area contributed by atoms with Crippen molar-refractivity contribution < 1.29 is 18.7 Å². The minimum Gasteiger partial charge on any atom is -0.468 e. The van der Waals surface area contributed by atoms with Gasteiger partial charge in [-0.15, -0.1) is 0 Å². The molecule has 2 atom stereocenters. The molecule has 0 bridgehead atoms. The van der Waals surface area contributed by atoms with Gasteiger partial charge in [-0.05, 0) is 49.9 Å². The van der Waals surface area contributed by atoms with E-state index in [0.717, 1.165) is 12.8 Å². The highest BCUT2D eigenvalue weighted by Gasteiger charge is 2.36. The number of hydrogen-bond donors (Lipinski definition) is 2. The van der Waals surface area contributed by atoms with Gasteiger partial charge in [0.05, 0.1) is 11.8 Å². The van der Waals surface area contributed by atoms with Gasteiger partial charge >= 0.3 is 0 Å². The van der Waals surface area contributed by atoms with E-state index in [9.17, 15) is 14.3 Å². The maximum Gasteiger partial charge on any atom is 0.252 e. The fourth-order valence-corrected chi connectivity index (χ4v) is 3.19. The Bertz CT molecular complexity index is 817. The Morgan fingerprint density at radius 2 is 2.25 bits per heavy atom. The Balaban J connectivity index is 1.82. The first-order valence-electron chi connectivity index (χ1n) is 7.85. The molecule has 1 saturated carbocycles. The molecule has 24 heavy (non-hydrogen) atoms. The SMILES string of the molecule is NC(=O)c1ccoc1[C@@H]1CCC[C@](O)(C#Cc2cccc(F)c2)C1. The number of carbonyl (C=O) groups is 1. The highest BCUT2D eigenvalue weighted by molar-refractivity contribution is 5.93. The van der Waals surface area contributed by atoms with Crippen LogP contribution in [0, 0.1) is 17.7 Å². The standard InChI is InChI=1S/C19H18FNO3/c20-15-5-1-3-13(11-15)6-9-19(23)8-2-4-14(12-19)17-16(18(21)22)7-10-24-17/h1,3,5,7,10-11,14,23H,2,4,8,12H2,(H2,21,22)/t14-,19+/m1/s1. The fraction of sp³-hybridized carbons (Fsp3) is 0.316. The topological polar surface area (TPSA) is 76.5 Å². The number of aliphatic hydroxyl groups is 1. The predicted octanol–water partition coefficient (Wildman–Crippen LogP) is 2.96. The molecule has 1 aliphatic rings. The Labute approximate surface area is 139 Å². The minimum absolute atomic E-state index is 0.122. The first-order chi connectivity index (χ1) is 11.5. The van der Waals surface area contributed by atoms with Crippen molar-refractivity contribution in [3.8, 4) is 11.8 Å². The summed E-state index contributed by atoms with van der Waals surface area (Å²) in [6, 6.07) is 7.49. The van der Waals surface area contributed by atoms with Crippen LogP contribution in [0.3, 0.4) is 0 Å². The van der Waals surface area contributed by atoms with Crippen molar-refractivity contribution >= 4 is 5.91 Å².